The molecule has 2 N–H and O–H groups in total. The maximum absolute atomic E-state index is 13.7. The number of sulfonamides is 1. The molecule has 2 unspecified atom stereocenters. The molecule has 1 aliphatic carbocycles. The fourth-order valence-corrected chi connectivity index (χ4v) is 3.24. The van der Waals surface area contributed by atoms with Crippen LogP contribution in [0.15, 0.2) is 23.1 Å². The third kappa shape index (κ3) is 2.49. The molecule has 1 aliphatic rings. The largest absolute Gasteiger partial charge is 0.399 e. The normalized spacial score (nSPS) is 23.3. The SMILES string of the molecule is CC1CC1CN(C)S(=O)(=O)c1ccc(N)cc1F. The van der Waals surface area contributed by atoms with Crippen LogP contribution in [0.4, 0.5) is 10.1 Å². The van der Waals surface area contributed by atoms with Crippen molar-refractivity contribution >= 4 is 15.7 Å². The van der Waals surface area contributed by atoms with E-state index in [4.69, 9.17) is 5.73 Å². The summed E-state index contributed by atoms with van der Waals surface area (Å²) in [7, 11) is -2.28. The van der Waals surface area contributed by atoms with Gasteiger partial charge in [0.2, 0.25) is 10.0 Å². The molecule has 2 atom stereocenters. The van der Waals surface area contributed by atoms with Crippen molar-refractivity contribution in [3.05, 3.63) is 24.0 Å². The highest BCUT2D eigenvalue weighted by atomic mass is 32.2. The third-order valence-corrected chi connectivity index (χ3v) is 5.27. The third-order valence-electron chi connectivity index (χ3n) is 3.41. The van der Waals surface area contributed by atoms with Gasteiger partial charge < -0.3 is 5.73 Å². The summed E-state index contributed by atoms with van der Waals surface area (Å²) in [5.41, 5.74) is 5.62. The van der Waals surface area contributed by atoms with Gasteiger partial charge in [0.1, 0.15) is 10.7 Å². The zero-order chi connectivity index (χ0) is 13.5. The monoisotopic (exact) mass is 272 g/mol. The minimum absolute atomic E-state index is 0.213. The van der Waals surface area contributed by atoms with Gasteiger partial charge in [0, 0.05) is 19.3 Å². The number of rotatable bonds is 4. The molecule has 1 aromatic rings. The number of benzene rings is 1. The summed E-state index contributed by atoms with van der Waals surface area (Å²) < 4.78 is 39.2. The molecule has 2 rings (SSSR count). The van der Waals surface area contributed by atoms with Crippen LogP contribution in [-0.2, 0) is 10.0 Å². The van der Waals surface area contributed by atoms with Crippen molar-refractivity contribution < 1.29 is 12.8 Å². The molecule has 0 amide bonds. The van der Waals surface area contributed by atoms with E-state index < -0.39 is 15.8 Å². The average Bonchev–Trinajstić information content (AvgIpc) is 2.93. The first-order chi connectivity index (χ1) is 8.32. The van der Waals surface area contributed by atoms with Crippen molar-refractivity contribution in [2.24, 2.45) is 11.8 Å². The summed E-state index contributed by atoms with van der Waals surface area (Å²) in [5, 5.41) is 0. The van der Waals surface area contributed by atoms with Crippen LogP contribution in [0.3, 0.4) is 0 Å². The molecule has 1 aromatic carbocycles. The number of hydrogen-bond acceptors (Lipinski definition) is 3. The molecule has 0 bridgehead atoms. The second-order valence-electron chi connectivity index (χ2n) is 4.95. The lowest BCUT2D eigenvalue weighted by Gasteiger charge is -2.17. The number of nitrogens with zero attached hydrogens (tertiary/aromatic N) is 1. The molecule has 0 radical (unpaired) electrons. The lowest BCUT2D eigenvalue weighted by Crippen LogP contribution is -2.30. The number of halogens is 1. The van der Waals surface area contributed by atoms with Gasteiger partial charge in [-0.05, 0) is 36.5 Å². The highest BCUT2D eigenvalue weighted by Crippen LogP contribution is 2.38. The van der Waals surface area contributed by atoms with Crippen LogP contribution in [0.1, 0.15) is 13.3 Å². The Bertz CT molecular complexity index is 559. The number of nitrogens with two attached hydrogens (primary N) is 1. The molecule has 0 saturated heterocycles. The quantitative estimate of drug-likeness (QED) is 0.848. The van der Waals surface area contributed by atoms with E-state index >= 15 is 0 Å². The second kappa shape index (κ2) is 4.51. The Morgan fingerprint density at radius 3 is 2.61 bits per heavy atom. The average molecular weight is 272 g/mol. The molecule has 18 heavy (non-hydrogen) atoms. The zero-order valence-electron chi connectivity index (χ0n) is 10.4. The highest BCUT2D eigenvalue weighted by Gasteiger charge is 2.36. The summed E-state index contributed by atoms with van der Waals surface area (Å²) in [6.45, 7) is 2.52. The van der Waals surface area contributed by atoms with E-state index in [0.29, 0.717) is 18.4 Å². The van der Waals surface area contributed by atoms with Gasteiger partial charge in [-0.1, -0.05) is 6.92 Å². The van der Waals surface area contributed by atoms with E-state index in [2.05, 4.69) is 6.92 Å². The van der Waals surface area contributed by atoms with Crippen molar-refractivity contribution in [2.75, 3.05) is 19.3 Å². The van der Waals surface area contributed by atoms with E-state index in [1.165, 1.54) is 23.5 Å². The molecular formula is C12H17FN2O2S. The summed E-state index contributed by atoms with van der Waals surface area (Å²) >= 11 is 0. The maximum Gasteiger partial charge on any atom is 0.245 e. The van der Waals surface area contributed by atoms with Crippen LogP contribution < -0.4 is 5.73 Å². The van der Waals surface area contributed by atoms with Crippen LogP contribution in [-0.4, -0.2) is 26.3 Å². The Morgan fingerprint density at radius 1 is 1.50 bits per heavy atom. The predicted octanol–water partition coefficient (Wildman–Crippen LogP) is 1.68. The molecule has 1 saturated carbocycles. The Balaban J connectivity index is 2.24. The molecule has 0 heterocycles. The first-order valence-electron chi connectivity index (χ1n) is 5.83. The van der Waals surface area contributed by atoms with Crippen molar-refractivity contribution in [2.45, 2.75) is 18.2 Å². The molecule has 100 valence electrons. The smallest absolute Gasteiger partial charge is 0.245 e. The summed E-state index contributed by atoms with van der Waals surface area (Å²) in [6.07, 6.45) is 1.03. The van der Waals surface area contributed by atoms with Crippen LogP contribution in [0.2, 0.25) is 0 Å². The first-order valence-corrected chi connectivity index (χ1v) is 7.27. The molecular weight excluding hydrogens is 255 g/mol. The lowest BCUT2D eigenvalue weighted by atomic mass is 10.3. The summed E-state index contributed by atoms with van der Waals surface area (Å²) in [5.74, 6) is 0.145. The molecule has 1 fully saturated rings. The van der Waals surface area contributed by atoms with Crippen LogP contribution >= 0.6 is 0 Å². The van der Waals surface area contributed by atoms with E-state index in [0.717, 1.165) is 12.5 Å². The van der Waals surface area contributed by atoms with E-state index in [9.17, 15) is 12.8 Å². The van der Waals surface area contributed by atoms with Gasteiger partial charge in [-0.15, -0.1) is 0 Å². The van der Waals surface area contributed by atoms with Crippen LogP contribution in [0.5, 0.6) is 0 Å². The molecule has 0 aliphatic heterocycles. The van der Waals surface area contributed by atoms with E-state index in [1.807, 2.05) is 0 Å². The maximum atomic E-state index is 13.7. The molecule has 0 spiro atoms. The molecule has 6 heteroatoms. The van der Waals surface area contributed by atoms with Gasteiger partial charge in [0.25, 0.3) is 0 Å². The van der Waals surface area contributed by atoms with Gasteiger partial charge in [-0.25, -0.2) is 17.1 Å². The Morgan fingerprint density at radius 2 is 2.11 bits per heavy atom. The van der Waals surface area contributed by atoms with Crippen LogP contribution in [0, 0.1) is 17.7 Å². The van der Waals surface area contributed by atoms with Gasteiger partial charge in [0.15, 0.2) is 0 Å². The topological polar surface area (TPSA) is 63.4 Å². The number of hydrogen-bond donors (Lipinski definition) is 1. The standard InChI is InChI=1S/C12H17FN2O2S/c1-8-5-9(8)7-15(2)18(16,17)12-4-3-10(14)6-11(12)13/h3-4,6,8-9H,5,7,14H2,1-2H3. The number of anilines is 1. The Kier molecular flexibility index (Phi) is 3.33. The van der Waals surface area contributed by atoms with Crippen LogP contribution in [0.25, 0.3) is 0 Å². The first kappa shape index (κ1) is 13.3. The lowest BCUT2D eigenvalue weighted by molar-refractivity contribution is 0.440. The van der Waals surface area contributed by atoms with Crippen molar-refractivity contribution in [3.8, 4) is 0 Å². The minimum atomic E-state index is -3.76. The van der Waals surface area contributed by atoms with Gasteiger partial charge in [-0.2, -0.15) is 0 Å². The van der Waals surface area contributed by atoms with Gasteiger partial charge >= 0.3 is 0 Å². The number of nitrogen functional groups attached to an aromatic ring is 1. The highest BCUT2D eigenvalue weighted by molar-refractivity contribution is 7.89. The molecule has 4 nitrogen and oxygen atoms in total. The Labute approximate surface area is 107 Å². The van der Waals surface area contributed by atoms with E-state index in [1.54, 1.807) is 0 Å². The minimum Gasteiger partial charge on any atom is -0.399 e. The fraction of sp³-hybridized carbons (Fsp3) is 0.500. The fourth-order valence-electron chi connectivity index (χ4n) is 1.98. The van der Waals surface area contributed by atoms with Crippen molar-refractivity contribution in [1.29, 1.82) is 0 Å². The zero-order valence-corrected chi connectivity index (χ0v) is 11.2. The summed E-state index contributed by atoms with van der Waals surface area (Å²) in [4.78, 5) is -0.312. The summed E-state index contributed by atoms with van der Waals surface area (Å²) in [6, 6.07) is 3.64. The second-order valence-corrected chi connectivity index (χ2v) is 6.96. The van der Waals surface area contributed by atoms with Crippen molar-refractivity contribution in [1.82, 2.24) is 4.31 Å². The van der Waals surface area contributed by atoms with Crippen molar-refractivity contribution in [3.63, 3.8) is 0 Å². The van der Waals surface area contributed by atoms with E-state index in [-0.39, 0.29) is 10.6 Å². The van der Waals surface area contributed by atoms with Gasteiger partial charge in [-0.3, -0.25) is 0 Å². The molecule has 0 aromatic heterocycles. The predicted molar refractivity (Wildman–Crippen MR) is 67.9 cm³/mol. The Hall–Kier alpha value is -1.14. The van der Waals surface area contributed by atoms with Gasteiger partial charge in [0.05, 0.1) is 0 Å².